The molecule has 1 aliphatic heterocycles. The third-order valence-electron chi connectivity index (χ3n) is 3.00. The predicted molar refractivity (Wildman–Crippen MR) is 63.8 cm³/mol. The minimum absolute atomic E-state index is 0.0222. The number of phenolic OH excluding ortho intramolecular Hbond substituents is 2. The molecule has 1 aromatic rings. The molecule has 18 heavy (non-hydrogen) atoms. The van der Waals surface area contributed by atoms with Crippen LogP contribution in [0.5, 0.6) is 17.2 Å². The number of hydrogen-bond donors (Lipinski definition) is 3. The molecule has 5 heteroatoms. The zero-order chi connectivity index (χ0) is 13.3. The molecule has 1 atom stereocenters. The van der Waals surface area contributed by atoms with E-state index in [1.54, 1.807) is 0 Å². The number of benzene rings is 1. The maximum atomic E-state index is 11.9. The van der Waals surface area contributed by atoms with Crippen molar-refractivity contribution in [3.63, 3.8) is 0 Å². The molecule has 0 fully saturated rings. The van der Waals surface area contributed by atoms with Crippen LogP contribution >= 0.6 is 0 Å². The zero-order valence-electron chi connectivity index (χ0n) is 10.1. The highest BCUT2D eigenvalue weighted by molar-refractivity contribution is 6.02. The molecule has 0 aromatic heterocycles. The Kier molecular flexibility index (Phi) is 3.17. The fourth-order valence-corrected chi connectivity index (χ4v) is 2.12. The number of carbonyl (C=O) groups is 1. The van der Waals surface area contributed by atoms with E-state index < -0.39 is 5.79 Å². The van der Waals surface area contributed by atoms with Gasteiger partial charge in [-0.3, -0.25) is 4.79 Å². The van der Waals surface area contributed by atoms with Crippen molar-refractivity contribution in [2.24, 2.45) is 0 Å². The van der Waals surface area contributed by atoms with Gasteiger partial charge in [0.25, 0.3) is 0 Å². The molecular formula is C13H16O5. The summed E-state index contributed by atoms with van der Waals surface area (Å²) in [5.74, 6) is -2.43. The number of Topliss-reactive ketones (excluding diaryl/α,β-unsaturated/α-hetero) is 1. The lowest BCUT2D eigenvalue weighted by molar-refractivity contribution is -0.145. The second-order valence-corrected chi connectivity index (χ2v) is 4.59. The molecule has 0 spiro atoms. The maximum absolute atomic E-state index is 11.9. The lowest BCUT2D eigenvalue weighted by Crippen LogP contribution is -2.41. The number of aromatic hydroxyl groups is 2. The van der Waals surface area contributed by atoms with Crippen molar-refractivity contribution in [1.29, 1.82) is 0 Å². The zero-order valence-corrected chi connectivity index (χ0v) is 10.1. The van der Waals surface area contributed by atoms with Crippen LogP contribution in [0.15, 0.2) is 12.1 Å². The third-order valence-corrected chi connectivity index (χ3v) is 3.00. The average Bonchev–Trinajstić information content (AvgIpc) is 2.24. The first-order chi connectivity index (χ1) is 8.45. The van der Waals surface area contributed by atoms with Gasteiger partial charge in [-0.1, -0.05) is 13.3 Å². The lowest BCUT2D eigenvalue weighted by atomic mass is 9.94. The van der Waals surface area contributed by atoms with Crippen LogP contribution in [0.3, 0.4) is 0 Å². The van der Waals surface area contributed by atoms with Crippen molar-refractivity contribution in [2.45, 2.75) is 38.4 Å². The Bertz CT molecular complexity index is 483. The van der Waals surface area contributed by atoms with E-state index in [0.717, 1.165) is 18.9 Å². The van der Waals surface area contributed by atoms with E-state index in [1.165, 1.54) is 6.07 Å². The minimum atomic E-state index is -1.54. The summed E-state index contributed by atoms with van der Waals surface area (Å²) in [6.45, 7) is 1.97. The van der Waals surface area contributed by atoms with Crippen molar-refractivity contribution in [3.8, 4) is 17.2 Å². The molecule has 0 aliphatic carbocycles. The molecule has 0 bridgehead atoms. The second kappa shape index (κ2) is 4.49. The number of ketones is 1. The summed E-state index contributed by atoms with van der Waals surface area (Å²) in [5.41, 5.74) is 0.0222. The molecule has 1 unspecified atom stereocenters. The normalized spacial score (nSPS) is 22.4. The van der Waals surface area contributed by atoms with Crippen molar-refractivity contribution < 1.29 is 24.9 Å². The summed E-state index contributed by atoms with van der Waals surface area (Å²) in [4.78, 5) is 11.9. The van der Waals surface area contributed by atoms with Gasteiger partial charge < -0.3 is 20.1 Å². The molecule has 0 amide bonds. The van der Waals surface area contributed by atoms with Gasteiger partial charge in [0.15, 0.2) is 5.78 Å². The molecule has 0 saturated heterocycles. The molecule has 1 aliphatic rings. The second-order valence-electron chi connectivity index (χ2n) is 4.59. The number of ether oxygens (including phenoxy) is 1. The summed E-state index contributed by atoms with van der Waals surface area (Å²) in [6, 6.07) is 2.31. The van der Waals surface area contributed by atoms with Crippen LogP contribution in [0.25, 0.3) is 0 Å². The summed E-state index contributed by atoms with van der Waals surface area (Å²) in [5, 5.41) is 29.2. The van der Waals surface area contributed by atoms with Gasteiger partial charge in [-0.25, -0.2) is 0 Å². The molecule has 98 valence electrons. The summed E-state index contributed by atoms with van der Waals surface area (Å²) in [6.07, 6.45) is 1.76. The smallest absolute Gasteiger partial charge is 0.215 e. The standard InChI is InChI=1S/C13H16O5/c1-2-3-4-13(17)7-10(16)12-9(15)5-8(14)6-11(12)18-13/h5-6,14-15,17H,2-4,7H2,1H3. The molecule has 1 aromatic carbocycles. The highest BCUT2D eigenvalue weighted by Crippen LogP contribution is 2.41. The summed E-state index contributed by atoms with van der Waals surface area (Å²) < 4.78 is 5.37. The molecule has 0 radical (unpaired) electrons. The molecule has 2 rings (SSSR count). The van der Waals surface area contributed by atoms with Gasteiger partial charge in [0, 0.05) is 18.6 Å². The van der Waals surface area contributed by atoms with Crippen LogP contribution in [0.4, 0.5) is 0 Å². The number of hydrogen-bond acceptors (Lipinski definition) is 5. The SMILES string of the molecule is CCCCC1(O)CC(=O)c2c(O)cc(O)cc2O1. The Morgan fingerprint density at radius 3 is 2.78 bits per heavy atom. The van der Waals surface area contributed by atoms with Crippen molar-refractivity contribution in [2.75, 3.05) is 0 Å². The number of aliphatic hydroxyl groups is 1. The number of unbranched alkanes of at least 4 members (excludes halogenated alkanes) is 1. The molecule has 0 saturated carbocycles. The van der Waals surface area contributed by atoms with Gasteiger partial charge >= 0.3 is 0 Å². The minimum Gasteiger partial charge on any atom is -0.508 e. The van der Waals surface area contributed by atoms with E-state index in [9.17, 15) is 20.1 Å². The summed E-state index contributed by atoms with van der Waals surface area (Å²) in [7, 11) is 0. The third kappa shape index (κ3) is 2.26. The Morgan fingerprint density at radius 2 is 2.11 bits per heavy atom. The Balaban J connectivity index is 2.36. The Labute approximate surface area is 105 Å². The van der Waals surface area contributed by atoms with Gasteiger partial charge in [-0.15, -0.1) is 0 Å². The van der Waals surface area contributed by atoms with Crippen LogP contribution < -0.4 is 4.74 Å². The lowest BCUT2D eigenvalue weighted by Gasteiger charge is -2.33. The number of carbonyl (C=O) groups excluding carboxylic acids is 1. The van der Waals surface area contributed by atoms with Crippen LogP contribution in [0.2, 0.25) is 0 Å². The van der Waals surface area contributed by atoms with Crippen LogP contribution in [0, 0.1) is 0 Å². The highest BCUT2D eigenvalue weighted by atomic mass is 16.6. The van der Waals surface area contributed by atoms with Gasteiger partial charge in [-0.2, -0.15) is 0 Å². The van der Waals surface area contributed by atoms with E-state index in [2.05, 4.69) is 0 Å². The van der Waals surface area contributed by atoms with Crippen LogP contribution in [-0.2, 0) is 0 Å². The van der Waals surface area contributed by atoms with Crippen molar-refractivity contribution in [1.82, 2.24) is 0 Å². The molecule has 3 N–H and O–H groups in total. The average molecular weight is 252 g/mol. The van der Waals surface area contributed by atoms with Gasteiger partial charge in [0.05, 0.1) is 6.42 Å². The van der Waals surface area contributed by atoms with E-state index in [0.29, 0.717) is 6.42 Å². The van der Waals surface area contributed by atoms with E-state index in [1.807, 2.05) is 6.92 Å². The first kappa shape index (κ1) is 12.7. The topological polar surface area (TPSA) is 87.0 Å². The fourth-order valence-electron chi connectivity index (χ4n) is 2.12. The number of fused-ring (bicyclic) bond motifs is 1. The van der Waals surface area contributed by atoms with Crippen LogP contribution in [-0.4, -0.2) is 26.9 Å². The molecule has 1 heterocycles. The highest BCUT2D eigenvalue weighted by Gasteiger charge is 2.39. The Morgan fingerprint density at radius 1 is 1.39 bits per heavy atom. The van der Waals surface area contributed by atoms with E-state index in [4.69, 9.17) is 4.74 Å². The summed E-state index contributed by atoms with van der Waals surface area (Å²) >= 11 is 0. The molecular weight excluding hydrogens is 236 g/mol. The van der Waals surface area contributed by atoms with Gasteiger partial charge in [0.1, 0.15) is 22.8 Å². The number of phenols is 2. The van der Waals surface area contributed by atoms with Crippen LogP contribution in [0.1, 0.15) is 43.0 Å². The fraction of sp³-hybridized carbons (Fsp3) is 0.462. The quantitative estimate of drug-likeness (QED) is 0.765. The molecule has 5 nitrogen and oxygen atoms in total. The van der Waals surface area contributed by atoms with Gasteiger partial charge in [-0.05, 0) is 6.42 Å². The predicted octanol–water partition coefficient (Wildman–Crippen LogP) is 1.94. The maximum Gasteiger partial charge on any atom is 0.215 e. The first-order valence-corrected chi connectivity index (χ1v) is 5.96. The van der Waals surface area contributed by atoms with Crippen molar-refractivity contribution in [3.05, 3.63) is 17.7 Å². The largest absolute Gasteiger partial charge is 0.508 e. The first-order valence-electron chi connectivity index (χ1n) is 5.96. The van der Waals surface area contributed by atoms with E-state index in [-0.39, 0.29) is 35.0 Å². The Hall–Kier alpha value is -1.75. The monoisotopic (exact) mass is 252 g/mol. The van der Waals surface area contributed by atoms with Gasteiger partial charge in [0.2, 0.25) is 5.79 Å². The number of rotatable bonds is 3. The van der Waals surface area contributed by atoms with E-state index >= 15 is 0 Å². The van der Waals surface area contributed by atoms with Crippen molar-refractivity contribution >= 4 is 5.78 Å².